The van der Waals surface area contributed by atoms with Gasteiger partial charge in [0.1, 0.15) is 12.1 Å². The summed E-state index contributed by atoms with van der Waals surface area (Å²) >= 11 is 0. The molecule has 0 saturated carbocycles. The molecular formula is C12H28N2+. The van der Waals surface area contributed by atoms with Crippen molar-refractivity contribution < 1.29 is 0 Å². The molecule has 2 heteroatoms. The number of hydrogen-bond donors (Lipinski definition) is 0. The quantitative estimate of drug-likeness (QED) is 0.490. The largest absolute Gasteiger partial charge is 0.149 e. The van der Waals surface area contributed by atoms with E-state index in [1.165, 1.54) is 0 Å². The van der Waals surface area contributed by atoms with Crippen molar-refractivity contribution >= 4 is 0 Å². The molecule has 0 atom stereocenters. The molecule has 14 heavy (non-hydrogen) atoms. The fraction of sp³-hybridized carbons (Fsp3) is 1.00. The van der Waals surface area contributed by atoms with Crippen LogP contribution in [0.5, 0.6) is 0 Å². The molecular weight excluding hydrogens is 172 g/mol. The van der Waals surface area contributed by atoms with Crippen LogP contribution in [0.25, 0.3) is 0 Å². The Balaban J connectivity index is 4.74. The van der Waals surface area contributed by atoms with Gasteiger partial charge < -0.3 is 0 Å². The lowest BCUT2D eigenvalue weighted by Crippen LogP contribution is -2.60. The van der Waals surface area contributed by atoms with E-state index in [9.17, 15) is 0 Å². The predicted octanol–water partition coefficient (Wildman–Crippen LogP) is 2.98. The summed E-state index contributed by atoms with van der Waals surface area (Å²) < 4.78 is 0. The SMILES string of the molecule is CC(C)N(C(C)C)[N+](C(C)C)C(C)C. The molecule has 85 valence electrons. The number of hydrazine groups is 1. The van der Waals surface area contributed by atoms with E-state index in [0.717, 1.165) is 0 Å². The average molecular weight is 200 g/mol. The predicted molar refractivity (Wildman–Crippen MR) is 64.5 cm³/mol. The highest BCUT2D eigenvalue weighted by atomic mass is 15.7. The van der Waals surface area contributed by atoms with Gasteiger partial charge in [0.05, 0.1) is 12.1 Å². The molecule has 1 radical (unpaired) electrons. The Morgan fingerprint density at radius 1 is 0.643 bits per heavy atom. The second-order valence-electron chi connectivity index (χ2n) is 5.14. The van der Waals surface area contributed by atoms with Gasteiger partial charge in [-0.2, -0.15) is 0 Å². The van der Waals surface area contributed by atoms with Crippen molar-refractivity contribution in [3.05, 3.63) is 0 Å². The Morgan fingerprint density at radius 2 is 0.929 bits per heavy atom. The minimum Gasteiger partial charge on any atom is -0.101 e. The number of nitrogens with zero attached hydrogens (tertiary/aromatic N) is 2. The fourth-order valence-electron chi connectivity index (χ4n) is 2.26. The van der Waals surface area contributed by atoms with Crippen molar-refractivity contribution in [3.8, 4) is 0 Å². The first-order valence-electron chi connectivity index (χ1n) is 5.85. The molecule has 0 unspecified atom stereocenters. The summed E-state index contributed by atoms with van der Waals surface area (Å²) in [6.45, 7) is 18.1. The van der Waals surface area contributed by atoms with Crippen molar-refractivity contribution in [2.75, 3.05) is 0 Å². The van der Waals surface area contributed by atoms with Crippen molar-refractivity contribution in [3.63, 3.8) is 0 Å². The van der Waals surface area contributed by atoms with Crippen LogP contribution < -0.4 is 5.01 Å². The Labute approximate surface area is 90.2 Å². The summed E-state index contributed by atoms with van der Waals surface area (Å²) in [5.74, 6) is 0. The van der Waals surface area contributed by atoms with Gasteiger partial charge in [0.15, 0.2) is 0 Å². The maximum Gasteiger partial charge on any atom is 0.149 e. The standard InChI is InChI=1S/C12H28N2/c1-9(2)13(10(3)4)14(11(5)6)12(7)8/h9-12H,1-8H3/q+1. The van der Waals surface area contributed by atoms with Crippen LogP contribution in [0.4, 0.5) is 0 Å². The molecule has 0 aliphatic carbocycles. The topological polar surface area (TPSA) is 9.14 Å². The monoisotopic (exact) mass is 200 g/mol. The summed E-state index contributed by atoms with van der Waals surface area (Å²) in [7, 11) is 0. The molecule has 0 aliphatic rings. The van der Waals surface area contributed by atoms with E-state index < -0.39 is 0 Å². The third-order valence-electron chi connectivity index (χ3n) is 2.38. The maximum absolute atomic E-state index is 2.48. The molecule has 0 bridgehead atoms. The zero-order valence-corrected chi connectivity index (χ0v) is 11.2. The van der Waals surface area contributed by atoms with Gasteiger partial charge in [-0.05, 0) is 55.4 Å². The van der Waals surface area contributed by atoms with Gasteiger partial charge >= 0.3 is 0 Å². The van der Waals surface area contributed by atoms with Crippen LogP contribution in [0.3, 0.4) is 0 Å². The van der Waals surface area contributed by atoms with Crippen LogP contribution in [0.2, 0.25) is 0 Å². The van der Waals surface area contributed by atoms with Crippen molar-refractivity contribution in [1.82, 2.24) is 10.0 Å². The van der Waals surface area contributed by atoms with Gasteiger partial charge in [-0.25, -0.2) is 0 Å². The van der Waals surface area contributed by atoms with Crippen molar-refractivity contribution in [2.45, 2.75) is 79.6 Å². The average Bonchev–Trinajstić information content (AvgIpc) is 1.96. The van der Waals surface area contributed by atoms with E-state index in [1.807, 2.05) is 0 Å². The first-order chi connectivity index (χ1) is 6.29. The van der Waals surface area contributed by atoms with Crippen LogP contribution in [0, 0.1) is 0 Å². The molecule has 0 saturated heterocycles. The molecule has 0 rings (SSSR count). The first kappa shape index (κ1) is 13.9. The molecule has 0 spiro atoms. The summed E-state index contributed by atoms with van der Waals surface area (Å²) in [5.41, 5.74) is 0. The lowest BCUT2D eigenvalue weighted by molar-refractivity contribution is -0.0340. The van der Waals surface area contributed by atoms with Crippen molar-refractivity contribution in [2.24, 2.45) is 0 Å². The van der Waals surface area contributed by atoms with Gasteiger partial charge in [-0.1, -0.05) is 5.01 Å². The highest BCUT2D eigenvalue weighted by molar-refractivity contribution is 4.76. The molecule has 0 fully saturated rings. The molecule has 0 N–H and O–H groups in total. The van der Waals surface area contributed by atoms with Gasteiger partial charge in [0.2, 0.25) is 0 Å². The molecule has 2 nitrogen and oxygen atoms in total. The second kappa shape index (κ2) is 5.72. The molecule has 0 aromatic heterocycles. The molecule has 0 aromatic rings. The van der Waals surface area contributed by atoms with Gasteiger partial charge in [-0.15, -0.1) is 5.01 Å². The third kappa shape index (κ3) is 3.58. The molecule has 0 aromatic carbocycles. The fourth-order valence-corrected chi connectivity index (χ4v) is 2.26. The summed E-state index contributed by atoms with van der Waals surface area (Å²) in [6, 6.07) is 2.28. The first-order valence-corrected chi connectivity index (χ1v) is 5.85. The van der Waals surface area contributed by atoms with Gasteiger partial charge in [0, 0.05) is 0 Å². The number of rotatable bonds is 5. The van der Waals surface area contributed by atoms with E-state index in [1.54, 1.807) is 0 Å². The number of hydrogen-bond acceptors (Lipinski definition) is 2. The summed E-state index contributed by atoms with van der Waals surface area (Å²) in [4.78, 5) is 0. The minimum absolute atomic E-state index is 0.569. The maximum atomic E-state index is 2.48. The second-order valence-corrected chi connectivity index (χ2v) is 5.14. The molecule has 0 amide bonds. The van der Waals surface area contributed by atoms with Crippen molar-refractivity contribution in [1.29, 1.82) is 0 Å². The Morgan fingerprint density at radius 3 is 1.00 bits per heavy atom. The summed E-state index contributed by atoms with van der Waals surface area (Å²) in [6.07, 6.45) is 0. The minimum atomic E-state index is 0.569. The van der Waals surface area contributed by atoms with Crippen LogP contribution >= 0.6 is 0 Å². The zero-order valence-electron chi connectivity index (χ0n) is 11.2. The Hall–Kier alpha value is -0.0800. The highest BCUT2D eigenvalue weighted by Crippen LogP contribution is 2.13. The van der Waals surface area contributed by atoms with Crippen LogP contribution in [-0.4, -0.2) is 29.2 Å². The highest BCUT2D eigenvalue weighted by Gasteiger charge is 2.35. The third-order valence-corrected chi connectivity index (χ3v) is 2.38. The van der Waals surface area contributed by atoms with E-state index in [2.05, 4.69) is 65.4 Å². The van der Waals surface area contributed by atoms with Crippen LogP contribution in [-0.2, 0) is 0 Å². The lowest BCUT2D eigenvalue weighted by atomic mass is 10.2. The van der Waals surface area contributed by atoms with E-state index >= 15 is 0 Å². The van der Waals surface area contributed by atoms with Crippen LogP contribution in [0.1, 0.15) is 55.4 Å². The van der Waals surface area contributed by atoms with E-state index in [4.69, 9.17) is 0 Å². The van der Waals surface area contributed by atoms with E-state index in [-0.39, 0.29) is 0 Å². The Kier molecular flexibility index (Phi) is 5.68. The zero-order chi connectivity index (χ0) is 11.5. The normalized spacial score (nSPS) is 13.3. The smallest absolute Gasteiger partial charge is 0.101 e. The van der Waals surface area contributed by atoms with Gasteiger partial charge in [-0.3, -0.25) is 0 Å². The van der Waals surface area contributed by atoms with Gasteiger partial charge in [0.25, 0.3) is 0 Å². The molecule has 0 heterocycles. The summed E-state index contributed by atoms with van der Waals surface area (Å²) in [5, 5.41) is 4.96. The molecule has 0 aliphatic heterocycles. The lowest BCUT2D eigenvalue weighted by Gasteiger charge is -2.35. The Bertz CT molecular complexity index is 116. The van der Waals surface area contributed by atoms with Crippen LogP contribution in [0.15, 0.2) is 0 Å². The van der Waals surface area contributed by atoms with E-state index in [0.29, 0.717) is 24.2 Å².